The third-order valence-electron chi connectivity index (χ3n) is 2.69. The van der Waals surface area contributed by atoms with Gasteiger partial charge in [0.25, 0.3) is 0 Å². The van der Waals surface area contributed by atoms with Crippen LogP contribution < -0.4 is 5.32 Å². The van der Waals surface area contributed by atoms with Crippen molar-refractivity contribution in [2.75, 3.05) is 0 Å². The van der Waals surface area contributed by atoms with Crippen molar-refractivity contribution in [3.63, 3.8) is 0 Å². The lowest BCUT2D eigenvalue weighted by Gasteiger charge is -1.98. The number of amides is 1. The van der Waals surface area contributed by atoms with Crippen LogP contribution in [-0.2, 0) is 4.79 Å². The van der Waals surface area contributed by atoms with Gasteiger partial charge in [0.15, 0.2) is 5.78 Å². The van der Waals surface area contributed by atoms with Crippen molar-refractivity contribution in [2.24, 2.45) is 5.92 Å². The van der Waals surface area contributed by atoms with Crippen LogP contribution in [0.15, 0.2) is 36.0 Å². The summed E-state index contributed by atoms with van der Waals surface area (Å²) in [7, 11) is 0. The van der Waals surface area contributed by atoms with E-state index in [2.05, 4.69) is 5.32 Å². The third kappa shape index (κ3) is 2.74. The van der Waals surface area contributed by atoms with Crippen LogP contribution in [0.4, 0.5) is 0 Å². The lowest BCUT2D eigenvalue weighted by Crippen LogP contribution is -2.16. The highest BCUT2D eigenvalue weighted by Gasteiger charge is 2.23. The molecule has 17 heavy (non-hydrogen) atoms. The lowest BCUT2D eigenvalue weighted by atomic mass is 10.1. The highest BCUT2D eigenvalue weighted by molar-refractivity contribution is 6.30. The fraction of sp³-hybridized carbons (Fsp3) is 0.231. The largest absolute Gasteiger partial charge is 0.329 e. The number of halogens is 1. The summed E-state index contributed by atoms with van der Waals surface area (Å²) in [4.78, 5) is 23.1. The molecular weight excluding hydrogens is 238 g/mol. The second-order valence-electron chi connectivity index (χ2n) is 4.14. The molecule has 0 radical (unpaired) electrons. The molecule has 1 aliphatic heterocycles. The second-order valence-corrected chi connectivity index (χ2v) is 4.57. The van der Waals surface area contributed by atoms with E-state index in [1.807, 2.05) is 6.92 Å². The number of carbonyl (C=O) groups excluding carboxylic acids is 2. The summed E-state index contributed by atoms with van der Waals surface area (Å²) < 4.78 is 0. The predicted octanol–water partition coefficient (Wildman–Crippen LogP) is 2.56. The summed E-state index contributed by atoms with van der Waals surface area (Å²) in [6, 6.07) is 6.68. The van der Waals surface area contributed by atoms with Gasteiger partial charge in [-0.25, -0.2) is 0 Å². The van der Waals surface area contributed by atoms with Gasteiger partial charge in [0.05, 0.1) is 0 Å². The van der Waals surface area contributed by atoms with E-state index < -0.39 is 0 Å². The van der Waals surface area contributed by atoms with E-state index in [9.17, 15) is 9.59 Å². The molecule has 1 aromatic rings. The van der Waals surface area contributed by atoms with Crippen molar-refractivity contribution in [2.45, 2.75) is 13.3 Å². The average molecular weight is 250 g/mol. The molecule has 1 atom stereocenters. The number of allylic oxidation sites excluding steroid dienone is 2. The Kier molecular flexibility index (Phi) is 3.29. The molecular formula is C13H12ClNO2. The fourth-order valence-electron chi connectivity index (χ4n) is 1.71. The quantitative estimate of drug-likeness (QED) is 0.647. The maximum absolute atomic E-state index is 11.9. The summed E-state index contributed by atoms with van der Waals surface area (Å²) in [5.41, 5.74) is 1.25. The summed E-state index contributed by atoms with van der Waals surface area (Å²) in [6.45, 7) is 1.84. The number of ketones is 1. The van der Waals surface area contributed by atoms with Crippen LogP contribution in [-0.4, -0.2) is 11.7 Å². The molecule has 1 amide bonds. The van der Waals surface area contributed by atoms with Crippen LogP contribution in [0.25, 0.3) is 0 Å². The van der Waals surface area contributed by atoms with Gasteiger partial charge in [0.1, 0.15) is 0 Å². The van der Waals surface area contributed by atoms with E-state index in [0.29, 0.717) is 22.7 Å². The van der Waals surface area contributed by atoms with Crippen LogP contribution in [0.2, 0.25) is 5.02 Å². The van der Waals surface area contributed by atoms with Gasteiger partial charge in [0, 0.05) is 28.3 Å². The zero-order valence-electron chi connectivity index (χ0n) is 9.37. The third-order valence-corrected chi connectivity index (χ3v) is 2.94. The van der Waals surface area contributed by atoms with Crippen molar-refractivity contribution >= 4 is 23.3 Å². The summed E-state index contributed by atoms with van der Waals surface area (Å²) >= 11 is 5.74. The van der Waals surface area contributed by atoms with E-state index in [-0.39, 0.29) is 17.6 Å². The molecule has 1 N–H and O–H groups in total. The molecule has 1 aliphatic rings. The number of benzene rings is 1. The molecule has 1 fully saturated rings. The van der Waals surface area contributed by atoms with Crippen LogP contribution >= 0.6 is 11.6 Å². The van der Waals surface area contributed by atoms with Gasteiger partial charge in [-0.1, -0.05) is 18.5 Å². The summed E-state index contributed by atoms with van der Waals surface area (Å²) in [5, 5.41) is 3.29. The highest BCUT2D eigenvalue weighted by Crippen LogP contribution is 2.18. The van der Waals surface area contributed by atoms with E-state index in [1.165, 1.54) is 6.08 Å². The van der Waals surface area contributed by atoms with Crippen LogP contribution in [0.3, 0.4) is 0 Å². The van der Waals surface area contributed by atoms with E-state index >= 15 is 0 Å². The van der Waals surface area contributed by atoms with Gasteiger partial charge >= 0.3 is 0 Å². The van der Waals surface area contributed by atoms with Gasteiger partial charge in [-0.2, -0.15) is 0 Å². The standard InChI is InChI=1S/C13H12ClNO2/c1-8-6-11(15-13(8)17)7-12(16)9-2-4-10(14)5-3-9/h2-5,7-8H,6H2,1H3,(H,15,17). The van der Waals surface area contributed by atoms with E-state index in [4.69, 9.17) is 11.6 Å². The highest BCUT2D eigenvalue weighted by atomic mass is 35.5. The summed E-state index contributed by atoms with van der Waals surface area (Å²) in [5.74, 6) is -0.203. The second kappa shape index (κ2) is 4.72. The zero-order valence-corrected chi connectivity index (χ0v) is 10.1. The molecule has 1 unspecified atom stereocenters. The number of rotatable bonds is 2. The average Bonchev–Trinajstić information content (AvgIpc) is 2.58. The lowest BCUT2D eigenvalue weighted by molar-refractivity contribution is -0.121. The molecule has 4 heteroatoms. The Morgan fingerprint density at radius 2 is 2.06 bits per heavy atom. The predicted molar refractivity (Wildman–Crippen MR) is 65.8 cm³/mol. The Morgan fingerprint density at radius 1 is 1.41 bits per heavy atom. The molecule has 2 rings (SSSR count). The molecule has 0 spiro atoms. The molecule has 3 nitrogen and oxygen atoms in total. The molecule has 0 aromatic heterocycles. The van der Waals surface area contributed by atoms with Crippen LogP contribution in [0, 0.1) is 5.92 Å². The van der Waals surface area contributed by atoms with Gasteiger partial charge in [-0.3, -0.25) is 9.59 Å². The molecule has 1 aromatic carbocycles. The maximum atomic E-state index is 11.9. The van der Waals surface area contributed by atoms with Crippen molar-refractivity contribution in [3.8, 4) is 0 Å². The number of carbonyl (C=O) groups is 2. The molecule has 1 heterocycles. The SMILES string of the molecule is CC1CC(=CC(=O)c2ccc(Cl)cc2)NC1=O. The monoisotopic (exact) mass is 249 g/mol. The van der Waals surface area contributed by atoms with Gasteiger partial charge in [-0.15, -0.1) is 0 Å². The smallest absolute Gasteiger partial charge is 0.227 e. The van der Waals surface area contributed by atoms with E-state index in [0.717, 1.165) is 0 Å². The minimum absolute atomic E-state index is 0.0276. The molecule has 88 valence electrons. The first kappa shape index (κ1) is 11.9. The first-order valence-corrected chi connectivity index (χ1v) is 5.75. The van der Waals surface area contributed by atoms with Crippen molar-refractivity contribution < 1.29 is 9.59 Å². The molecule has 0 saturated carbocycles. The van der Waals surface area contributed by atoms with Crippen LogP contribution in [0.5, 0.6) is 0 Å². The van der Waals surface area contributed by atoms with Crippen molar-refractivity contribution in [1.29, 1.82) is 0 Å². The maximum Gasteiger partial charge on any atom is 0.227 e. The molecule has 1 saturated heterocycles. The van der Waals surface area contributed by atoms with Gasteiger partial charge in [0.2, 0.25) is 5.91 Å². The summed E-state index contributed by atoms with van der Waals surface area (Å²) in [6.07, 6.45) is 2.07. The molecule has 0 bridgehead atoms. The molecule has 0 aliphatic carbocycles. The normalized spacial score (nSPS) is 21.6. The number of hydrogen-bond acceptors (Lipinski definition) is 2. The Hall–Kier alpha value is -1.61. The van der Waals surface area contributed by atoms with Gasteiger partial charge in [-0.05, 0) is 30.7 Å². The first-order chi connectivity index (χ1) is 8.06. The van der Waals surface area contributed by atoms with Crippen molar-refractivity contribution in [3.05, 3.63) is 46.6 Å². The number of nitrogens with one attached hydrogen (secondary N) is 1. The Balaban J connectivity index is 2.14. The zero-order chi connectivity index (χ0) is 12.4. The minimum atomic E-state index is -0.119. The Bertz CT molecular complexity index is 491. The first-order valence-electron chi connectivity index (χ1n) is 5.37. The van der Waals surface area contributed by atoms with Gasteiger partial charge < -0.3 is 5.32 Å². The fourth-order valence-corrected chi connectivity index (χ4v) is 1.83. The van der Waals surface area contributed by atoms with E-state index in [1.54, 1.807) is 24.3 Å². The number of hydrogen-bond donors (Lipinski definition) is 1. The minimum Gasteiger partial charge on any atom is -0.329 e. The Labute approximate surface area is 104 Å². The Morgan fingerprint density at radius 3 is 2.59 bits per heavy atom. The topological polar surface area (TPSA) is 46.2 Å². The van der Waals surface area contributed by atoms with Crippen LogP contribution in [0.1, 0.15) is 23.7 Å². The van der Waals surface area contributed by atoms with Crippen molar-refractivity contribution in [1.82, 2.24) is 5.32 Å².